The van der Waals surface area contributed by atoms with Gasteiger partial charge in [-0.1, -0.05) is 13.8 Å². The number of hydrogen-bond acceptors (Lipinski definition) is 5. The van der Waals surface area contributed by atoms with Crippen LogP contribution in [-0.4, -0.2) is 31.7 Å². The maximum atomic E-state index is 12.5. The summed E-state index contributed by atoms with van der Waals surface area (Å²) < 4.78 is 10.4. The molecule has 0 saturated carbocycles. The monoisotopic (exact) mass is 329 g/mol. The third-order valence-corrected chi connectivity index (χ3v) is 3.37. The predicted octanol–water partition coefficient (Wildman–Crippen LogP) is 3.42. The lowest BCUT2D eigenvalue weighted by Crippen LogP contribution is -2.14. The second-order valence-corrected chi connectivity index (χ2v) is 5.72. The first kappa shape index (κ1) is 17.6. The highest BCUT2D eigenvalue weighted by Gasteiger charge is 2.11. The van der Waals surface area contributed by atoms with Crippen LogP contribution in [0.3, 0.4) is 0 Å². The van der Waals surface area contributed by atoms with E-state index in [1.807, 2.05) is 0 Å². The lowest BCUT2D eigenvalue weighted by Gasteiger charge is -2.12. The number of ether oxygens (including phenoxy) is 2. The van der Waals surface area contributed by atoms with Gasteiger partial charge in [0, 0.05) is 24.4 Å². The van der Waals surface area contributed by atoms with Crippen LogP contribution in [0.1, 0.15) is 24.2 Å². The molecule has 0 bridgehead atoms. The number of nitrogens with one attached hydrogen (secondary N) is 2. The van der Waals surface area contributed by atoms with Gasteiger partial charge in [0.2, 0.25) is 0 Å². The number of benzene rings is 1. The molecule has 2 aromatic rings. The Morgan fingerprint density at radius 1 is 1.17 bits per heavy atom. The normalized spacial score (nSPS) is 10.4. The molecule has 0 unspecified atom stereocenters. The summed E-state index contributed by atoms with van der Waals surface area (Å²) in [5, 5.41) is 6.05. The number of pyridine rings is 1. The van der Waals surface area contributed by atoms with Crippen molar-refractivity contribution in [3.8, 4) is 11.5 Å². The van der Waals surface area contributed by atoms with Crippen molar-refractivity contribution in [3.63, 3.8) is 0 Å². The number of rotatable bonds is 7. The van der Waals surface area contributed by atoms with E-state index in [9.17, 15) is 4.79 Å². The molecule has 128 valence electrons. The molecule has 1 heterocycles. The fraction of sp³-hybridized carbons (Fsp3) is 0.333. The number of hydrogen-bond donors (Lipinski definition) is 2. The van der Waals surface area contributed by atoms with Gasteiger partial charge >= 0.3 is 0 Å². The SMILES string of the molecule is COc1ccc(NC(=O)c2ccnc(NCC(C)C)c2)c(OC)c1. The van der Waals surface area contributed by atoms with E-state index in [4.69, 9.17) is 9.47 Å². The molecule has 0 aliphatic heterocycles. The molecule has 0 spiro atoms. The summed E-state index contributed by atoms with van der Waals surface area (Å²) >= 11 is 0. The van der Waals surface area contributed by atoms with Crippen LogP contribution in [0.5, 0.6) is 11.5 Å². The van der Waals surface area contributed by atoms with Crippen molar-refractivity contribution in [2.24, 2.45) is 5.92 Å². The van der Waals surface area contributed by atoms with Gasteiger partial charge in [0.15, 0.2) is 0 Å². The standard InChI is InChI=1S/C18H23N3O3/c1-12(2)11-20-17-9-13(7-8-19-17)18(22)21-15-6-5-14(23-3)10-16(15)24-4/h5-10,12H,11H2,1-4H3,(H,19,20)(H,21,22). The third-order valence-electron chi connectivity index (χ3n) is 3.37. The Labute approximate surface area is 142 Å². The number of anilines is 2. The molecule has 1 aromatic heterocycles. The van der Waals surface area contributed by atoms with Crippen molar-refractivity contribution in [1.29, 1.82) is 0 Å². The van der Waals surface area contributed by atoms with Crippen LogP contribution in [0.4, 0.5) is 11.5 Å². The molecular weight excluding hydrogens is 306 g/mol. The van der Waals surface area contributed by atoms with Crippen molar-refractivity contribution < 1.29 is 14.3 Å². The smallest absolute Gasteiger partial charge is 0.255 e. The molecule has 24 heavy (non-hydrogen) atoms. The minimum Gasteiger partial charge on any atom is -0.497 e. The van der Waals surface area contributed by atoms with E-state index in [1.165, 1.54) is 0 Å². The van der Waals surface area contributed by atoms with E-state index < -0.39 is 0 Å². The van der Waals surface area contributed by atoms with Crippen molar-refractivity contribution in [2.75, 3.05) is 31.4 Å². The topological polar surface area (TPSA) is 72.5 Å². The van der Waals surface area contributed by atoms with Crippen LogP contribution in [0.2, 0.25) is 0 Å². The minimum absolute atomic E-state index is 0.228. The number of aromatic nitrogens is 1. The number of amides is 1. The summed E-state index contributed by atoms with van der Waals surface area (Å²) in [6.45, 7) is 5.02. The van der Waals surface area contributed by atoms with E-state index in [1.54, 1.807) is 50.7 Å². The number of carbonyl (C=O) groups excluding carboxylic acids is 1. The minimum atomic E-state index is -0.228. The Morgan fingerprint density at radius 2 is 1.96 bits per heavy atom. The Kier molecular flexibility index (Phi) is 6.01. The molecule has 0 aliphatic carbocycles. The third kappa shape index (κ3) is 4.62. The Hall–Kier alpha value is -2.76. The maximum absolute atomic E-state index is 12.5. The number of carbonyl (C=O) groups is 1. The number of methoxy groups -OCH3 is 2. The molecule has 0 radical (unpaired) electrons. The summed E-state index contributed by atoms with van der Waals surface area (Å²) in [6, 6.07) is 8.63. The van der Waals surface area contributed by atoms with Gasteiger partial charge in [-0.3, -0.25) is 4.79 Å². The largest absolute Gasteiger partial charge is 0.497 e. The van der Waals surface area contributed by atoms with Crippen molar-refractivity contribution in [1.82, 2.24) is 4.98 Å². The summed E-state index contributed by atoms with van der Waals surface area (Å²) in [7, 11) is 3.13. The molecule has 0 fully saturated rings. The summed E-state index contributed by atoms with van der Waals surface area (Å²) in [4.78, 5) is 16.7. The van der Waals surface area contributed by atoms with Crippen molar-refractivity contribution in [2.45, 2.75) is 13.8 Å². The Balaban J connectivity index is 2.13. The lowest BCUT2D eigenvalue weighted by atomic mass is 10.2. The van der Waals surface area contributed by atoms with Crippen LogP contribution in [0.25, 0.3) is 0 Å². The highest BCUT2D eigenvalue weighted by atomic mass is 16.5. The van der Waals surface area contributed by atoms with Gasteiger partial charge in [-0.2, -0.15) is 0 Å². The Morgan fingerprint density at radius 3 is 2.62 bits per heavy atom. The van der Waals surface area contributed by atoms with Gasteiger partial charge in [-0.05, 0) is 30.2 Å². The summed E-state index contributed by atoms with van der Waals surface area (Å²) in [5.74, 6) is 2.14. The molecule has 0 saturated heterocycles. The first-order valence-electron chi connectivity index (χ1n) is 7.76. The van der Waals surface area contributed by atoms with Gasteiger partial charge < -0.3 is 20.1 Å². The first-order chi connectivity index (χ1) is 11.5. The van der Waals surface area contributed by atoms with Crippen LogP contribution >= 0.6 is 0 Å². The van der Waals surface area contributed by atoms with Gasteiger partial charge in [0.05, 0.1) is 19.9 Å². The zero-order chi connectivity index (χ0) is 17.5. The lowest BCUT2D eigenvalue weighted by molar-refractivity contribution is 0.102. The van der Waals surface area contributed by atoms with Crippen LogP contribution in [0.15, 0.2) is 36.5 Å². The zero-order valence-electron chi connectivity index (χ0n) is 14.4. The van der Waals surface area contributed by atoms with Crippen LogP contribution in [-0.2, 0) is 0 Å². The Bertz CT molecular complexity index is 702. The predicted molar refractivity (Wildman–Crippen MR) is 95.1 cm³/mol. The van der Waals surface area contributed by atoms with Gasteiger partial charge in [0.1, 0.15) is 17.3 Å². The van der Waals surface area contributed by atoms with Gasteiger partial charge in [0.25, 0.3) is 5.91 Å². The quantitative estimate of drug-likeness (QED) is 0.814. The fourth-order valence-electron chi connectivity index (χ4n) is 2.07. The molecule has 0 aliphatic rings. The average molecular weight is 329 g/mol. The molecule has 6 heteroatoms. The second kappa shape index (κ2) is 8.19. The van der Waals surface area contributed by atoms with E-state index in [2.05, 4.69) is 29.5 Å². The average Bonchev–Trinajstić information content (AvgIpc) is 2.60. The molecule has 1 aromatic carbocycles. The van der Waals surface area contributed by atoms with E-state index in [0.717, 1.165) is 6.54 Å². The summed E-state index contributed by atoms with van der Waals surface area (Å²) in [5.41, 5.74) is 1.10. The van der Waals surface area contributed by atoms with Crippen LogP contribution in [0, 0.1) is 5.92 Å². The first-order valence-corrected chi connectivity index (χ1v) is 7.76. The van der Waals surface area contributed by atoms with Gasteiger partial charge in [-0.15, -0.1) is 0 Å². The molecule has 0 atom stereocenters. The molecular formula is C18H23N3O3. The summed E-state index contributed by atoms with van der Waals surface area (Å²) in [6.07, 6.45) is 1.61. The van der Waals surface area contributed by atoms with E-state index in [-0.39, 0.29) is 5.91 Å². The molecule has 6 nitrogen and oxygen atoms in total. The highest BCUT2D eigenvalue weighted by Crippen LogP contribution is 2.29. The molecule has 2 rings (SSSR count). The number of nitrogens with zero attached hydrogens (tertiary/aromatic N) is 1. The van der Waals surface area contributed by atoms with Crippen LogP contribution < -0.4 is 20.1 Å². The van der Waals surface area contributed by atoms with Crippen molar-refractivity contribution in [3.05, 3.63) is 42.1 Å². The fourth-order valence-corrected chi connectivity index (χ4v) is 2.07. The second-order valence-electron chi connectivity index (χ2n) is 5.72. The van der Waals surface area contributed by atoms with E-state index in [0.29, 0.717) is 34.5 Å². The maximum Gasteiger partial charge on any atom is 0.255 e. The van der Waals surface area contributed by atoms with E-state index >= 15 is 0 Å². The zero-order valence-corrected chi connectivity index (χ0v) is 14.4. The van der Waals surface area contributed by atoms with Crippen molar-refractivity contribution >= 4 is 17.4 Å². The highest BCUT2D eigenvalue weighted by molar-refractivity contribution is 6.05. The van der Waals surface area contributed by atoms with Gasteiger partial charge in [-0.25, -0.2) is 4.98 Å². The molecule has 1 amide bonds. The molecule has 2 N–H and O–H groups in total.